The second-order valence-electron chi connectivity index (χ2n) is 4.98. The molecule has 1 aliphatic rings. The number of ether oxygens (including phenoxy) is 2. The molecule has 0 unspecified atom stereocenters. The number of carbonyl (C=O) groups is 1. The van der Waals surface area contributed by atoms with Crippen LogP contribution in [0, 0.1) is 0 Å². The highest BCUT2D eigenvalue weighted by Gasteiger charge is 2.20. The Balaban J connectivity index is 2.04. The minimum absolute atomic E-state index is 0.399. The molecule has 0 radical (unpaired) electrons. The van der Waals surface area contributed by atoms with E-state index in [0.29, 0.717) is 13.2 Å². The predicted molar refractivity (Wildman–Crippen MR) is 67.5 cm³/mol. The Morgan fingerprint density at radius 3 is 3.00 bits per heavy atom. The Hall–Kier alpha value is -1.07. The molecule has 1 N–H and O–H groups in total. The minimum Gasteiger partial charge on any atom is -0.444 e. The average molecular weight is 255 g/mol. The first-order chi connectivity index (χ1) is 7.96. The summed E-state index contributed by atoms with van der Waals surface area (Å²) >= 11 is 1.62. The number of anilines is 1. The molecule has 1 aromatic rings. The van der Waals surface area contributed by atoms with Gasteiger partial charge < -0.3 is 9.47 Å². The van der Waals surface area contributed by atoms with Crippen LogP contribution in [0.3, 0.4) is 0 Å². The largest absolute Gasteiger partial charge is 0.444 e. The van der Waals surface area contributed by atoms with Crippen molar-refractivity contribution >= 4 is 23.1 Å². The molecule has 4 nitrogen and oxygen atoms in total. The second kappa shape index (κ2) is 4.66. The van der Waals surface area contributed by atoms with Gasteiger partial charge in [0.05, 0.1) is 18.9 Å². The van der Waals surface area contributed by atoms with Crippen molar-refractivity contribution in [3.05, 3.63) is 15.8 Å². The van der Waals surface area contributed by atoms with E-state index in [1.165, 1.54) is 10.4 Å². The lowest BCUT2D eigenvalue weighted by Gasteiger charge is -2.20. The molecule has 0 bridgehead atoms. The van der Waals surface area contributed by atoms with Crippen LogP contribution in [0.4, 0.5) is 10.5 Å². The standard InChI is InChI=1S/C12H17NO3S/c1-12(2,3)16-11(14)13-9-7-17-10-6-15-5-4-8(9)10/h7H,4-6H2,1-3H3,(H,13,14). The number of hydrogen-bond acceptors (Lipinski definition) is 4. The summed E-state index contributed by atoms with van der Waals surface area (Å²) in [7, 11) is 0. The number of amides is 1. The fourth-order valence-electron chi connectivity index (χ4n) is 1.68. The van der Waals surface area contributed by atoms with Crippen LogP contribution in [0.15, 0.2) is 5.38 Å². The predicted octanol–water partition coefficient (Wildman–Crippen LogP) is 3.17. The van der Waals surface area contributed by atoms with Gasteiger partial charge in [-0.2, -0.15) is 0 Å². The van der Waals surface area contributed by atoms with E-state index in [2.05, 4.69) is 5.32 Å². The van der Waals surface area contributed by atoms with E-state index in [4.69, 9.17) is 9.47 Å². The lowest BCUT2D eigenvalue weighted by Crippen LogP contribution is -2.27. The van der Waals surface area contributed by atoms with Gasteiger partial charge in [-0.3, -0.25) is 5.32 Å². The van der Waals surface area contributed by atoms with Gasteiger partial charge in [0.25, 0.3) is 0 Å². The lowest BCUT2D eigenvalue weighted by atomic mass is 10.1. The SMILES string of the molecule is CC(C)(C)OC(=O)Nc1csc2c1CCOC2. The Morgan fingerprint density at radius 1 is 1.53 bits per heavy atom. The van der Waals surface area contributed by atoms with Crippen LogP contribution in [-0.2, 0) is 22.5 Å². The summed E-state index contributed by atoms with van der Waals surface area (Å²) in [6, 6.07) is 0. The zero-order valence-electron chi connectivity index (χ0n) is 10.3. The van der Waals surface area contributed by atoms with Crippen molar-refractivity contribution < 1.29 is 14.3 Å². The van der Waals surface area contributed by atoms with E-state index in [1.54, 1.807) is 11.3 Å². The Labute approximate surface area is 105 Å². The van der Waals surface area contributed by atoms with E-state index in [9.17, 15) is 4.79 Å². The number of nitrogens with one attached hydrogen (secondary N) is 1. The Morgan fingerprint density at radius 2 is 2.29 bits per heavy atom. The molecule has 0 saturated carbocycles. The van der Waals surface area contributed by atoms with Crippen molar-refractivity contribution in [2.24, 2.45) is 0 Å². The third-order valence-corrected chi connectivity index (χ3v) is 3.35. The van der Waals surface area contributed by atoms with Crippen LogP contribution in [0.1, 0.15) is 31.2 Å². The normalized spacial score (nSPS) is 15.2. The average Bonchev–Trinajstić information content (AvgIpc) is 2.59. The number of thiophene rings is 1. The van der Waals surface area contributed by atoms with Crippen LogP contribution in [0.2, 0.25) is 0 Å². The van der Waals surface area contributed by atoms with Gasteiger partial charge in [0, 0.05) is 10.3 Å². The van der Waals surface area contributed by atoms with E-state index >= 15 is 0 Å². The monoisotopic (exact) mass is 255 g/mol. The van der Waals surface area contributed by atoms with Gasteiger partial charge in [-0.1, -0.05) is 0 Å². The quantitative estimate of drug-likeness (QED) is 0.838. The Bertz CT molecular complexity index is 420. The number of fused-ring (bicyclic) bond motifs is 1. The maximum Gasteiger partial charge on any atom is 0.412 e. The van der Waals surface area contributed by atoms with Gasteiger partial charge >= 0.3 is 6.09 Å². The minimum atomic E-state index is -0.469. The molecule has 0 spiro atoms. The summed E-state index contributed by atoms with van der Waals surface area (Å²) in [4.78, 5) is 12.8. The number of carbonyl (C=O) groups excluding carboxylic acids is 1. The first kappa shape index (κ1) is 12.4. The van der Waals surface area contributed by atoms with E-state index < -0.39 is 11.7 Å². The van der Waals surface area contributed by atoms with Crippen LogP contribution in [0.25, 0.3) is 0 Å². The molecule has 1 amide bonds. The molecule has 2 heterocycles. The highest BCUT2D eigenvalue weighted by atomic mass is 32.1. The van der Waals surface area contributed by atoms with Crippen molar-refractivity contribution in [2.45, 2.75) is 39.4 Å². The summed E-state index contributed by atoms with van der Waals surface area (Å²) < 4.78 is 10.6. The molecule has 0 aliphatic carbocycles. The van der Waals surface area contributed by atoms with Crippen molar-refractivity contribution in [1.29, 1.82) is 0 Å². The highest BCUT2D eigenvalue weighted by Crippen LogP contribution is 2.31. The molecule has 5 heteroatoms. The fraction of sp³-hybridized carbons (Fsp3) is 0.583. The summed E-state index contributed by atoms with van der Waals surface area (Å²) in [6.45, 7) is 6.92. The zero-order valence-corrected chi connectivity index (χ0v) is 11.1. The zero-order chi connectivity index (χ0) is 12.5. The molecule has 0 saturated heterocycles. The van der Waals surface area contributed by atoms with E-state index in [1.807, 2.05) is 26.2 Å². The lowest BCUT2D eigenvalue weighted by molar-refractivity contribution is 0.0635. The van der Waals surface area contributed by atoms with Gasteiger partial charge in [0.15, 0.2) is 0 Å². The third kappa shape index (κ3) is 3.20. The third-order valence-electron chi connectivity index (χ3n) is 2.35. The Kier molecular flexibility index (Phi) is 3.40. The highest BCUT2D eigenvalue weighted by molar-refractivity contribution is 7.10. The summed E-state index contributed by atoms with van der Waals surface area (Å²) in [5.41, 5.74) is 1.58. The van der Waals surface area contributed by atoms with Crippen molar-refractivity contribution in [3.8, 4) is 0 Å². The maximum absolute atomic E-state index is 11.7. The van der Waals surface area contributed by atoms with E-state index in [-0.39, 0.29) is 0 Å². The van der Waals surface area contributed by atoms with Gasteiger partial charge in [-0.05, 0) is 32.8 Å². The van der Waals surface area contributed by atoms with Gasteiger partial charge in [0.2, 0.25) is 0 Å². The fourth-order valence-corrected chi connectivity index (χ4v) is 2.64. The maximum atomic E-state index is 11.7. The number of hydrogen-bond donors (Lipinski definition) is 1. The summed E-state index contributed by atoms with van der Waals surface area (Å²) in [6.07, 6.45) is 0.453. The molecular weight excluding hydrogens is 238 g/mol. The van der Waals surface area contributed by atoms with Crippen LogP contribution in [0.5, 0.6) is 0 Å². The smallest absolute Gasteiger partial charge is 0.412 e. The first-order valence-corrected chi connectivity index (χ1v) is 6.50. The molecule has 1 aliphatic heterocycles. The molecule has 17 heavy (non-hydrogen) atoms. The molecule has 0 aromatic carbocycles. The van der Waals surface area contributed by atoms with Crippen molar-refractivity contribution in [1.82, 2.24) is 0 Å². The summed E-state index contributed by atoms with van der Waals surface area (Å²) in [5.74, 6) is 0. The van der Waals surface area contributed by atoms with Crippen LogP contribution >= 0.6 is 11.3 Å². The second-order valence-corrected chi connectivity index (χ2v) is 5.94. The number of rotatable bonds is 1. The molecule has 0 fully saturated rings. The van der Waals surface area contributed by atoms with Crippen LogP contribution in [-0.4, -0.2) is 18.3 Å². The molecule has 2 rings (SSSR count). The molecule has 1 aromatic heterocycles. The van der Waals surface area contributed by atoms with Crippen LogP contribution < -0.4 is 5.32 Å². The molecular formula is C12H17NO3S. The first-order valence-electron chi connectivity index (χ1n) is 5.63. The topological polar surface area (TPSA) is 47.6 Å². The van der Waals surface area contributed by atoms with Crippen molar-refractivity contribution in [3.63, 3.8) is 0 Å². The van der Waals surface area contributed by atoms with E-state index in [0.717, 1.165) is 12.1 Å². The molecule has 0 atom stereocenters. The van der Waals surface area contributed by atoms with Gasteiger partial charge in [-0.15, -0.1) is 11.3 Å². The van der Waals surface area contributed by atoms with Crippen molar-refractivity contribution in [2.75, 3.05) is 11.9 Å². The molecule has 94 valence electrons. The van der Waals surface area contributed by atoms with Gasteiger partial charge in [-0.25, -0.2) is 4.79 Å². The van der Waals surface area contributed by atoms with Gasteiger partial charge in [0.1, 0.15) is 5.60 Å². The summed E-state index contributed by atoms with van der Waals surface area (Å²) in [5, 5.41) is 4.75.